The highest BCUT2D eigenvalue weighted by Gasteiger charge is 2.28. The molecule has 9 heteroatoms. The number of hydrogen-bond acceptors (Lipinski definition) is 7. The quantitative estimate of drug-likeness (QED) is 0.342. The number of nitrogen functional groups attached to an aromatic ring is 1. The van der Waals surface area contributed by atoms with E-state index < -0.39 is 4.92 Å². The summed E-state index contributed by atoms with van der Waals surface area (Å²) in [5.41, 5.74) is 5.89. The van der Waals surface area contributed by atoms with Crippen molar-refractivity contribution in [1.82, 2.24) is 14.8 Å². The Kier molecular flexibility index (Phi) is 4.65. The molecule has 3 rings (SSSR count). The first-order valence-corrected chi connectivity index (χ1v) is 8.34. The summed E-state index contributed by atoms with van der Waals surface area (Å²) >= 11 is 1.62. The zero-order valence-corrected chi connectivity index (χ0v) is 13.2. The molecule has 1 heterocycles. The molecule has 0 saturated heterocycles. The van der Waals surface area contributed by atoms with Crippen LogP contribution in [0.4, 0.5) is 11.6 Å². The normalized spacial score (nSPS) is 13.9. The Bertz CT molecular complexity index is 684. The number of nitro groups is 1. The molecule has 0 spiro atoms. The van der Waals surface area contributed by atoms with E-state index in [0.29, 0.717) is 24.3 Å². The van der Waals surface area contributed by atoms with Gasteiger partial charge < -0.3 is 10.5 Å². The standard InChI is InChI=1S/C14H17N5O3S/c15-13-16-17-14(18(13)10-2-3-10)23-9-1-8-22-12-6-4-11(5-7-12)19(20)21/h4-7,10H,1-3,8-9H2,(H2,15,16). The first-order chi connectivity index (χ1) is 11.1. The molecule has 1 saturated carbocycles. The highest BCUT2D eigenvalue weighted by molar-refractivity contribution is 7.99. The second-order valence-electron chi connectivity index (χ2n) is 5.24. The number of rotatable bonds is 8. The number of benzene rings is 1. The minimum absolute atomic E-state index is 0.0601. The molecule has 8 nitrogen and oxygen atoms in total. The molecule has 122 valence electrons. The third kappa shape index (κ3) is 3.92. The first kappa shape index (κ1) is 15.6. The molecule has 1 aliphatic carbocycles. The predicted octanol–water partition coefficient (Wildman–Crippen LogP) is 2.66. The van der Waals surface area contributed by atoms with Crippen LogP contribution in [0.25, 0.3) is 0 Å². The van der Waals surface area contributed by atoms with Gasteiger partial charge >= 0.3 is 0 Å². The molecule has 2 aromatic rings. The van der Waals surface area contributed by atoms with Gasteiger partial charge in [-0.05, 0) is 31.4 Å². The van der Waals surface area contributed by atoms with E-state index >= 15 is 0 Å². The van der Waals surface area contributed by atoms with Crippen LogP contribution in [0, 0.1) is 10.1 Å². The van der Waals surface area contributed by atoms with Crippen LogP contribution in [0.2, 0.25) is 0 Å². The fourth-order valence-corrected chi connectivity index (χ4v) is 3.06. The molecular formula is C14H17N5O3S. The average Bonchev–Trinajstić information content (AvgIpc) is 3.31. The van der Waals surface area contributed by atoms with Gasteiger partial charge in [0.25, 0.3) is 5.69 Å². The molecule has 0 radical (unpaired) electrons. The Morgan fingerprint density at radius 3 is 2.74 bits per heavy atom. The lowest BCUT2D eigenvalue weighted by atomic mass is 10.3. The summed E-state index contributed by atoms with van der Waals surface area (Å²) in [6.45, 7) is 0.540. The van der Waals surface area contributed by atoms with Crippen LogP contribution in [0.3, 0.4) is 0 Å². The molecule has 1 aliphatic rings. The van der Waals surface area contributed by atoms with Gasteiger partial charge in [-0.15, -0.1) is 10.2 Å². The van der Waals surface area contributed by atoms with Crippen molar-refractivity contribution < 1.29 is 9.66 Å². The molecule has 0 aliphatic heterocycles. The highest BCUT2D eigenvalue weighted by atomic mass is 32.2. The van der Waals surface area contributed by atoms with Gasteiger partial charge in [0.15, 0.2) is 5.16 Å². The number of anilines is 1. The predicted molar refractivity (Wildman–Crippen MR) is 86.6 cm³/mol. The summed E-state index contributed by atoms with van der Waals surface area (Å²) in [6, 6.07) is 6.55. The Balaban J connectivity index is 1.41. The van der Waals surface area contributed by atoms with E-state index in [0.717, 1.165) is 30.2 Å². The van der Waals surface area contributed by atoms with Crippen molar-refractivity contribution in [2.24, 2.45) is 0 Å². The zero-order chi connectivity index (χ0) is 16.2. The second-order valence-corrected chi connectivity index (χ2v) is 6.31. The topological polar surface area (TPSA) is 109 Å². The lowest BCUT2D eigenvalue weighted by Gasteiger charge is -2.07. The largest absolute Gasteiger partial charge is 0.494 e. The lowest BCUT2D eigenvalue weighted by Crippen LogP contribution is -2.03. The van der Waals surface area contributed by atoms with Crippen molar-refractivity contribution in [2.45, 2.75) is 30.5 Å². The number of thioether (sulfide) groups is 1. The Hall–Kier alpha value is -2.29. The fraction of sp³-hybridized carbons (Fsp3) is 0.429. The van der Waals surface area contributed by atoms with E-state index in [9.17, 15) is 10.1 Å². The van der Waals surface area contributed by atoms with Crippen molar-refractivity contribution in [2.75, 3.05) is 18.1 Å². The molecule has 0 unspecified atom stereocenters. The van der Waals surface area contributed by atoms with E-state index in [1.807, 2.05) is 4.57 Å². The zero-order valence-electron chi connectivity index (χ0n) is 12.4. The van der Waals surface area contributed by atoms with Crippen LogP contribution in [-0.4, -0.2) is 32.0 Å². The van der Waals surface area contributed by atoms with Gasteiger partial charge in [0.2, 0.25) is 5.95 Å². The van der Waals surface area contributed by atoms with Crippen LogP contribution in [0.1, 0.15) is 25.3 Å². The van der Waals surface area contributed by atoms with Gasteiger partial charge in [0, 0.05) is 23.9 Å². The van der Waals surface area contributed by atoms with Gasteiger partial charge in [-0.1, -0.05) is 11.8 Å². The van der Waals surface area contributed by atoms with E-state index in [4.69, 9.17) is 10.5 Å². The maximum Gasteiger partial charge on any atom is 0.269 e. The van der Waals surface area contributed by atoms with E-state index in [2.05, 4.69) is 10.2 Å². The van der Waals surface area contributed by atoms with Gasteiger partial charge in [-0.25, -0.2) is 0 Å². The molecule has 0 amide bonds. The summed E-state index contributed by atoms with van der Waals surface area (Å²) in [5, 5.41) is 19.5. The van der Waals surface area contributed by atoms with Crippen molar-refractivity contribution in [1.29, 1.82) is 0 Å². The van der Waals surface area contributed by atoms with Crippen LogP contribution in [0.15, 0.2) is 29.4 Å². The van der Waals surface area contributed by atoms with Crippen molar-refractivity contribution >= 4 is 23.4 Å². The Morgan fingerprint density at radius 2 is 2.09 bits per heavy atom. The summed E-state index contributed by atoms with van der Waals surface area (Å²) in [4.78, 5) is 10.1. The maximum atomic E-state index is 10.6. The van der Waals surface area contributed by atoms with Crippen LogP contribution < -0.4 is 10.5 Å². The smallest absolute Gasteiger partial charge is 0.269 e. The van der Waals surface area contributed by atoms with E-state index in [1.54, 1.807) is 23.9 Å². The minimum Gasteiger partial charge on any atom is -0.494 e. The summed E-state index contributed by atoms with van der Waals surface area (Å²) in [6.07, 6.45) is 3.11. The average molecular weight is 335 g/mol. The fourth-order valence-electron chi connectivity index (χ4n) is 2.14. The highest BCUT2D eigenvalue weighted by Crippen LogP contribution is 2.39. The molecule has 1 aromatic carbocycles. The third-order valence-electron chi connectivity index (χ3n) is 3.44. The molecule has 23 heavy (non-hydrogen) atoms. The van der Waals surface area contributed by atoms with Crippen LogP contribution in [0.5, 0.6) is 5.75 Å². The lowest BCUT2D eigenvalue weighted by molar-refractivity contribution is -0.384. The third-order valence-corrected chi connectivity index (χ3v) is 4.47. The molecular weight excluding hydrogens is 318 g/mol. The number of nitrogens with zero attached hydrogens (tertiary/aromatic N) is 4. The van der Waals surface area contributed by atoms with Gasteiger partial charge in [-0.3, -0.25) is 14.7 Å². The molecule has 1 aromatic heterocycles. The number of hydrogen-bond donors (Lipinski definition) is 1. The molecule has 2 N–H and O–H groups in total. The van der Waals surface area contributed by atoms with Crippen LogP contribution in [-0.2, 0) is 0 Å². The van der Waals surface area contributed by atoms with Crippen molar-refractivity contribution in [3.8, 4) is 5.75 Å². The number of ether oxygens (including phenoxy) is 1. The van der Waals surface area contributed by atoms with Gasteiger partial charge in [0.1, 0.15) is 5.75 Å². The Morgan fingerprint density at radius 1 is 1.35 bits per heavy atom. The number of non-ortho nitro benzene ring substituents is 1. The number of nitrogens with two attached hydrogens (primary N) is 1. The van der Waals surface area contributed by atoms with E-state index in [1.165, 1.54) is 12.1 Å². The SMILES string of the molecule is Nc1nnc(SCCCOc2ccc([N+](=O)[O-])cc2)n1C1CC1. The summed E-state index contributed by atoms with van der Waals surface area (Å²) in [5.74, 6) is 1.96. The monoisotopic (exact) mass is 335 g/mol. The first-order valence-electron chi connectivity index (χ1n) is 7.35. The maximum absolute atomic E-state index is 10.6. The molecule has 0 bridgehead atoms. The molecule has 1 fully saturated rings. The Labute approximate surface area is 137 Å². The van der Waals surface area contributed by atoms with E-state index in [-0.39, 0.29) is 5.69 Å². The minimum atomic E-state index is -0.428. The number of aromatic nitrogens is 3. The summed E-state index contributed by atoms with van der Waals surface area (Å²) < 4.78 is 7.57. The number of nitro benzene ring substituents is 1. The van der Waals surface area contributed by atoms with Gasteiger partial charge in [-0.2, -0.15) is 0 Å². The van der Waals surface area contributed by atoms with Gasteiger partial charge in [0.05, 0.1) is 11.5 Å². The summed E-state index contributed by atoms with van der Waals surface area (Å²) in [7, 11) is 0. The van der Waals surface area contributed by atoms with Crippen molar-refractivity contribution in [3.05, 3.63) is 34.4 Å². The second kappa shape index (κ2) is 6.86. The van der Waals surface area contributed by atoms with Crippen LogP contribution >= 0.6 is 11.8 Å². The molecule has 0 atom stereocenters. The van der Waals surface area contributed by atoms with Crippen molar-refractivity contribution in [3.63, 3.8) is 0 Å².